The summed E-state index contributed by atoms with van der Waals surface area (Å²) < 4.78 is 24.4. The molecule has 114 valence electrons. The van der Waals surface area contributed by atoms with Crippen LogP contribution in [0.5, 0.6) is 0 Å². The van der Waals surface area contributed by atoms with Gasteiger partial charge in [0.2, 0.25) is 0 Å². The fourth-order valence-corrected chi connectivity index (χ4v) is 1.72. The molecule has 1 N–H and O–H groups in total. The highest BCUT2D eigenvalue weighted by Crippen LogP contribution is 2.12. The van der Waals surface area contributed by atoms with Crippen LogP contribution in [0.25, 0.3) is 0 Å². The molecule has 0 spiro atoms. The average Bonchev–Trinajstić information content (AvgIpc) is 2.43. The maximum Gasteiger partial charge on any atom is 0.128 e. The second kappa shape index (κ2) is 9.86. The second-order valence-corrected chi connectivity index (χ2v) is 5.13. The summed E-state index contributed by atoms with van der Waals surface area (Å²) in [6, 6.07) is 5.58. The Labute approximate surface area is 121 Å². The molecule has 0 unspecified atom stereocenters. The van der Waals surface area contributed by atoms with Gasteiger partial charge in [0.15, 0.2) is 0 Å². The van der Waals surface area contributed by atoms with Gasteiger partial charge in [-0.3, -0.25) is 0 Å². The molecule has 0 radical (unpaired) electrons. The first kappa shape index (κ1) is 17.1. The minimum Gasteiger partial charge on any atom is -0.379 e. The molecule has 1 aromatic rings. The van der Waals surface area contributed by atoms with Crippen molar-refractivity contribution >= 4 is 0 Å². The Morgan fingerprint density at radius 2 is 1.90 bits per heavy atom. The van der Waals surface area contributed by atoms with E-state index in [1.54, 1.807) is 6.07 Å². The molecule has 20 heavy (non-hydrogen) atoms. The number of ether oxygens (including phenoxy) is 2. The Balaban J connectivity index is 2.37. The number of nitrogens with one attached hydrogen (secondary N) is 1. The summed E-state index contributed by atoms with van der Waals surface area (Å²) in [4.78, 5) is 0. The monoisotopic (exact) mass is 283 g/mol. The highest BCUT2D eigenvalue weighted by molar-refractivity contribution is 5.24. The van der Waals surface area contributed by atoms with Crippen LogP contribution in [0.4, 0.5) is 4.39 Å². The fraction of sp³-hybridized carbons (Fsp3) is 0.625. The number of hydrogen-bond donors (Lipinski definition) is 1. The van der Waals surface area contributed by atoms with Crippen LogP contribution in [-0.2, 0) is 22.6 Å². The molecule has 0 fully saturated rings. The predicted octanol–water partition coefficient (Wildman–Crippen LogP) is 3.27. The molecule has 0 saturated heterocycles. The third-order valence-corrected chi connectivity index (χ3v) is 2.80. The molecule has 1 aromatic carbocycles. The van der Waals surface area contributed by atoms with E-state index in [1.165, 1.54) is 6.07 Å². The lowest BCUT2D eigenvalue weighted by Crippen LogP contribution is -2.21. The maximum absolute atomic E-state index is 13.7. The van der Waals surface area contributed by atoms with E-state index in [2.05, 4.69) is 26.1 Å². The molecule has 0 aliphatic heterocycles. The van der Waals surface area contributed by atoms with Gasteiger partial charge in [-0.1, -0.05) is 26.8 Å². The van der Waals surface area contributed by atoms with Gasteiger partial charge in [0, 0.05) is 24.8 Å². The van der Waals surface area contributed by atoms with Crippen LogP contribution in [0.2, 0.25) is 0 Å². The molecule has 0 atom stereocenters. The topological polar surface area (TPSA) is 30.5 Å². The van der Waals surface area contributed by atoms with Crippen molar-refractivity contribution in [3.8, 4) is 0 Å². The summed E-state index contributed by atoms with van der Waals surface area (Å²) in [6.45, 7) is 9.06. The number of rotatable bonds is 10. The largest absolute Gasteiger partial charge is 0.379 e. The van der Waals surface area contributed by atoms with Crippen LogP contribution in [-0.4, -0.2) is 25.9 Å². The fourth-order valence-electron chi connectivity index (χ4n) is 1.72. The normalized spacial score (nSPS) is 11.2. The van der Waals surface area contributed by atoms with Gasteiger partial charge < -0.3 is 14.8 Å². The summed E-state index contributed by atoms with van der Waals surface area (Å²) in [5.41, 5.74) is 1.67. The third-order valence-electron chi connectivity index (χ3n) is 2.80. The average molecular weight is 283 g/mol. The maximum atomic E-state index is 13.7. The molecule has 0 saturated carbocycles. The van der Waals surface area contributed by atoms with Crippen molar-refractivity contribution in [2.45, 2.75) is 46.4 Å². The van der Waals surface area contributed by atoms with Crippen molar-refractivity contribution in [1.82, 2.24) is 5.32 Å². The smallest absolute Gasteiger partial charge is 0.128 e. The second-order valence-electron chi connectivity index (χ2n) is 5.13. The molecule has 0 bridgehead atoms. The third kappa shape index (κ3) is 6.98. The molecular weight excluding hydrogens is 257 g/mol. The van der Waals surface area contributed by atoms with Crippen LogP contribution in [0, 0.1) is 5.82 Å². The summed E-state index contributed by atoms with van der Waals surface area (Å²) in [7, 11) is 0. The van der Waals surface area contributed by atoms with E-state index in [0.717, 1.165) is 25.1 Å². The van der Waals surface area contributed by atoms with Gasteiger partial charge in [0.1, 0.15) is 5.82 Å². The molecule has 0 aliphatic rings. The zero-order chi connectivity index (χ0) is 14.8. The first-order valence-electron chi connectivity index (χ1n) is 7.29. The van der Waals surface area contributed by atoms with E-state index >= 15 is 0 Å². The lowest BCUT2D eigenvalue weighted by Gasteiger charge is -2.11. The van der Waals surface area contributed by atoms with E-state index in [4.69, 9.17) is 9.47 Å². The SMILES string of the molecule is CCCOCCOCc1cc(CNC(C)C)ccc1F. The Kier molecular flexibility index (Phi) is 8.42. The first-order valence-corrected chi connectivity index (χ1v) is 7.29. The van der Waals surface area contributed by atoms with Crippen LogP contribution in [0.15, 0.2) is 18.2 Å². The molecule has 0 heterocycles. The first-order chi connectivity index (χ1) is 9.63. The van der Waals surface area contributed by atoms with Crippen LogP contribution in [0.1, 0.15) is 38.3 Å². The van der Waals surface area contributed by atoms with Gasteiger partial charge in [-0.25, -0.2) is 4.39 Å². The highest BCUT2D eigenvalue weighted by atomic mass is 19.1. The van der Waals surface area contributed by atoms with E-state index < -0.39 is 0 Å². The van der Waals surface area contributed by atoms with E-state index in [9.17, 15) is 4.39 Å². The minimum absolute atomic E-state index is 0.215. The van der Waals surface area contributed by atoms with Gasteiger partial charge in [0.25, 0.3) is 0 Å². The molecule has 0 aliphatic carbocycles. The van der Waals surface area contributed by atoms with E-state index in [0.29, 0.717) is 24.8 Å². The summed E-state index contributed by atoms with van der Waals surface area (Å²) in [6.07, 6.45) is 1.000. The van der Waals surface area contributed by atoms with Crippen LogP contribution >= 0.6 is 0 Å². The van der Waals surface area contributed by atoms with Crippen molar-refractivity contribution < 1.29 is 13.9 Å². The van der Waals surface area contributed by atoms with Crippen molar-refractivity contribution in [3.05, 3.63) is 35.1 Å². The Morgan fingerprint density at radius 3 is 2.60 bits per heavy atom. The zero-order valence-corrected chi connectivity index (χ0v) is 12.7. The summed E-state index contributed by atoms with van der Waals surface area (Å²) in [5.74, 6) is -0.215. The Bertz CT molecular complexity index is 383. The number of hydrogen-bond acceptors (Lipinski definition) is 3. The Hall–Kier alpha value is -0.970. The lowest BCUT2D eigenvalue weighted by atomic mass is 10.1. The van der Waals surface area contributed by atoms with E-state index in [-0.39, 0.29) is 12.4 Å². The summed E-state index contributed by atoms with van der Waals surface area (Å²) in [5, 5.41) is 3.32. The molecular formula is C16H26FNO2. The standard InChI is InChI=1S/C16H26FNO2/c1-4-7-19-8-9-20-12-15-10-14(5-6-16(15)17)11-18-13(2)3/h5-6,10,13,18H,4,7-9,11-12H2,1-3H3. The van der Waals surface area contributed by atoms with Gasteiger partial charge >= 0.3 is 0 Å². The lowest BCUT2D eigenvalue weighted by molar-refractivity contribution is 0.0399. The summed E-state index contributed by atoms with van der Waals surface area (Å²) >= 11 is 0. The molecule has 4 heteroatoms. The molecule has 0 amide bonds. The predicted molar refractivity (Wildman–Crippen MR) is 79.1 cm³/mol. The van der Waals surface area contributed by atoms with Gasteiger partial charge in [-0.15, -0.1) is 0 Å². The van der Waals surface area contributed by atoms with Crippen LogP contribution in [0.3, 0.4) is 0 Å². The van der Waals surface area contributed by atoms with Gasteiger partial charge in [0.05, 0.1) is 19.8 Å². The quantitative estimate of drug-likeness (QED) is 0.669. The van der Waals surface area contributed by atoms with Crippen LogP contribution < -0.4 is 5.32 Å². The van der Waals surface area contributed by atoms with Gasteiger partial charge in [-0.2, -0.15) is 0 Å². The molecule has 0 aromatic heterocycles. The molecule has 1 rings (SSSR count). The van der Waals surface area contributed by atoms with Crippen molar-refractivity contribution in [1.29, 1.82) is 0 Å². The van der Waals surface area contributed by atoms with Crippen molar-refractivity contribution in [2.24, 2.45) is 0 Å². The molecule has 3 nitrogen and oxygen atoms in total. The minimum atomic E-state index is -0.215. The van der Waals surface area contributed by atoms with E-state index in [1.807, 2.05) is 6.07 Å². The Morgan fingerprint density at radius 1 is 1.15 bits per heavy atom. The van der Waals surface area contributed by atoms with Gasteiger partial charge in [-0.05, 0) is 24.1 Å². The van der Waals surface area contributed by atoms with Crippen molar-refractivity contribution in [3.63, 3.8) is 0 Å². The number of benzene rings is 1. The van der Waals surface area contributed by atoms with Crippen molar-refractivity contribution in [2.75, 3.05) is 19.8 Å². The number of halogens is 1. The highest BCUT2D eigenvalue weighted by Gasteiger charge is 2.04. The zero-order valence-electron chi connectivity index (χ0n) is 12.7.